The Morgan fingerprint density at radius 2 is 0.487 bits per heavy atom. The van der Waals surface area contributed by atoms with Crippen LogP contribution in [-0.2, 0) is 28.6 Å². The van der Waals surface area contributed by atoms with Gasteiger partial charge in [0.25, 0.3) is 0 Å². The second kappa shape index (κ2) is 66.8. The maximum Gasteiger partial charge on any atom is 0.306 e. The Bertz CT molecular complexity index is 1750. The Hall–Kier alpha value is -4.71. The molecule has 80 heavy (non-hydrogen) atoms. The van der Waals surface area contributed by atoms with E-state index in [1.807, 2.05) is 0 Å². The fraction of sp³-hybridized carbons (Fsp3) is 0.635. The van der Waals surface area contributed by atoms with Crippen molar-refractivity contribution in [3.05, 3.63) is 146 Å². The minimum Gasteiger partial charge on any atom is -0.462 e. The third-order valence-corrected chi connectivity index (χ3v) is 13.6. The molecule has 0 aliphatic rings. The lowest BCUT2D eigenvalue weighted by atomic mass is 10.1. The maximum atomic E-state index is 12.9. The standard InChI is InChI=1S/C74H120O6/c1-4-7-10-13-16-19-22-25-28-30-32-33-34-35-36-37-38-39-40-41-42-44-46-49-52-55-58-61-64-67-73(76)79-70-71(69-78-72(75)66-63-60-57-54-51-48-45-27-24-21-18-15-12-9-6-3)80-74(77)68-65-62-59-56-53-50-47-43-31-29-26-23-20-17-14-11-8-5-2/h7,9-10,12,16,18-19,21,25,27-29,31-33,35-36,38-39,41-42,45-46,49,71H,4-6,8,11,13-15,17,20,22-24,26,30,34,37,40,43-44,47-48,50-70H2,1-3H3/b10-7-,12-9-,19-16-,21-18-,28-25-,31-29-,33-32-,36-35-,39-38-,42-41-,45-27-,49-46-. The Kier molecular flexibility index (Phi) is 62.9. The molecule has 6 nitrogen and oxygen atoms in total. The number of carbonyl (C=O) groups excluding carboxylic acids is 3. The summed E-state index contributed by atoms with van der Waals surface area (Å²) in [5.41, 5.74) is 0. The highest BCUT2D eigenvalue weighted by Crippen LogP contribution is 2.15. The van der Waals surface area contributed by atoms with Gasteiger partial charge in [-0.2, -0.15) is 0 Å². The summed E-state index contributed by atoms with van der Waals surface area (Å²) >= 11 is 0. The lowest BCUT2D eigenvalue weighted by Crippen LogP contribution is -2.30. The van der Waals surface area contributed by atoms with Crippen LogP contribution in [0, 0.1) is 0 Å². The molecule has 0 saturated heterocycles. The van der Waals surface area contributed by atoms with E-state index in [4.69, 9.17) is 14.2 Å². The number of hydrogen-bond acceptors (Lipinski definition) is 6. The van der Waals surface area contributed by atoms with E-state index in [1.165, 1.54) is 83.5 Å². The Labute approximate surface area is 493 Å². The molecule has 0 radical (unpaired) electrons. The summed E-state index contributed by atoms with van der Waals surface area (Å²) in [5.74, 6) is -0.945. The van der Waals surface area contributed by atoms with Crippen molar-refractivity contribution in [1.29, 1.82) is 0 Å². The molecular weight excluding hydrogens is 985 g/mol. The second-order valence-electron chi connectivity index (χ2n) is 21.3. The Morgan fingerprint density at radius 1 is 0.263 bits per heavy atom. The minimum atomic E-state index is -0.806. The first-order valence-corrected chi connectivity index (χ1v) is 32.8. The molecule has 0 rings (SSSR count). The molecule has 1 unspecified atom stereocenters. The van der Waals surface area contributed by atoms with Gasteiger partial charge in [-0.1, -0.05) is 269 Å². The van der Waals surface area contributed by atoms with Crippen LogP contribution in [0.1, 0.15) is 284 Å². The largest absolute Gasteiger partial charge is 0.462 e. The molecule has 0 bridgehead atoms. The van der Waals surface area contributed by atoms with Crippen molar-refractivity contribution in [1.82, 2.24) is 0 Å². The van der Waals surface area contributed by atoms with Crippen molar-refractivity contribution >= 4 is 17.9 Å². The van der Waals surface area contributed by atoms with E-state index in [-0.39, 0.29) is 31.1 Å². The first kappa shape index (κ1) is 75.3. The quantitative estimate of drug-likeness (QED) is 0.0261. The lowest BCUT2D eigenvalue weighted by molar-refractivity contribution is -0.167. The smallest absolute Gasteiger partial charge is 0.306 e. The van der Waals surface area contributed by atoms with Crippen molar-refractivity contribution in [3.8, 4) is 0 Å². The van der Waals surface area contributed by atoms with Crippen LogP contribution in [0.5, 0.6) is 0 Å². The molecule has 0 fully saturated rings. The molecule has 0 aromatic heterocycles. The predicted octanol–water partition coefficient (Wildman–Crippen LogP) is 22.7. The molecule has 0 aliphatic heterocycles. The number of rotatable bonds is 58. The summed E-state index contributed by atoms with van der Waals surface area (Å²) in [6.45, 7) is 6.38. The molecule has 0 N–H and O–H groups in total. The van der Waals surface area contributed by atoms with Crippen LogP contribution in [0.15, 0.2) is 146 Å². The summed E-state index contributed by atoms with van der Waals surface area (Å²) in [6, 6.07) is 0. The monoisotopic (exact) mass is 1100 g/mol. The number of hydrogen-bond donors (Lipinski definition) is 0. The van der Waals surface area contributed by atoms with E-state index in [0.29, 0.717) is 19.3 Å². The molecule has 0 spiro atoms. The van der Waals surface area contributed by atoms with Crippen molar-refractivity contribution in [2.45, 2.75) is 290 Å². The molecule has 0 amide bonds. The van der Waals surface area contributed by atoms with Crippen LogP contribution in [-0.4, -0.2) is 37.2 Å². The minimum absolute atomic E-state index is 0.101. The molecule has 452 valence electrons. The van der Waals surface area contributed by atoms with E-state index < -0.39 is 6.10 Å². The van der Waals surface area contributed by atoms with Gasteiger partial charge < -0.3 is 14.2 Å². The van der Waals surface area contributed by atoms with Crippen molar-refractivity contribution in [2.24, 2.45) is 0 Å². The number of esters is 3. The van der Waals surface area contributed by atoms with Gasteiger partial charge in [0, 0.05) is 19.3 Å². The normalized spacial score (nSPS) is 13.1. The molecule has 1 atom stereocenters. The van der Waals surface area contributed by atoms with Crippen LogP contribution in [0.25, 0.3) is 0 Å². The highest BCUT2D eigenvalue weighted by Gasteiger charge is 2.19. The van der Waals surface area contributed by atoms with Gasteiger partial charge in [-0.05, 0) is 141 Å². The number of carbonyl (C=O) groups is 3. The number of allylic oxidation sites excluding steroid dienone is 24. The highest BCUT2D eigenvalue weighted by molar-refractivity contribution is 5.71. The van der Waals surface area contributed by atoms with Crippen molar-refractivity contribution in [3.63, 3.8) is 0 Å². The van der Waals surface area contributed by atoms with Crippen LogP contribution >= 0.6 is 0 Å². The third-order valence-electron chi connectivity index (χ3n) is 13.6. The van der Waals surface area contributed by atoms with E-state index in [0.717, 1.165) is 161 Å². The molecule has 0 aromatic rings. The average Bonchev–Trinajstić information content (AvgIpc) is 3.46. The number of ether oxygens (including phenoxy) is 3. The summed E-state index contributed by atoms with van der Waals surface area (Å²) in [7, 11) is 0. The number of unbranched alkanes of at least 4 members (excludes halogenated alkanes) is 23. The SMILES string of the molecule is CC/C=C\C/C=C\C/C=C\C/C=C\C/C=C\C/C=C\C/C=C\C/C=C\CCCCCCC(=O)OCC(COC(=O)CCCCCCC/C=C\C/C=C\C/C=C\CC)OC(=O)CCCCCCCCC/C=C\CCCCCCCCC. The second-order valence-corrected chi connectivity index (χ2v) is 21.3. The molecule has 0 saturated carbocycles. The third kappa shape index (κ3) is 64.1. The molecule has 0 heterocycles. The molecule has 0 aromatic carbocycles. The van der Waals surface area contributed by atoms with Crippen LogP contribution in [0.3, 0.4) is 0 Å². The summed E-state index contributed by atoms with van der Waals surface area (Å²) in [5, 5.41) is 0. The van der Waals surface area contributed by atoms with E-state index in [1.54, 1.807) is 0 Å². The zero-order valence-electron chi connectivity index (χ0n) is 51.8. The fourth-order valence-corrected chi connectivity index (χ4v) is 8.70. The molecule has 0 aliphatic carbocycles. The van der Waals surface area contributed by atoms with Crippen LogP contribution in [0.4, 0.5) is 0 Å². The Morgan fingerprint density at radius 3 is 0.775 bits per heavy atom. The molecular formula is C74H120O6. The summed E-state index contributed by atoms with van der Waals surface area (Å²) in [6.07, 6.45) is 95.6. The van der Waals surface area contributed by atoms with Crippen molar-refractivity contribution < 1.29 is 28.6 Å². The van der Waals surface area contributed by atoms with Gasteiger partial charge >= 0.3 is 17.9 Å². The van der Waals surface area contributed by atoms with E-state index >= 15 is 0 Å². The van der Waals surface area contributed by atoms with Gasteiger partial charge in [-0.25, -0.2) is 0 Å². The predicted molar refractivity (Wildman–Crippen MR) is 348 cm³/mol. The van der Waals surface area contributed by atoms with Gasteiger partial charge in [0.15, 0.2) is 6.10 Å². The highest BCUT2D eigenvalue weighted by atomic mass is 16.6. The molecule has 6 heteroatoms. The average molecular weight is 1110 g/mol. The van der Waals surface area contributed by atoms with Gasteiger partial charge in [-0.3, -0.25) is 14.4 Å². The van der Waals surface area contributed by atoms with Gasteiger partial charge in [0.05, 0.1) is 0 Å². The van der Waals surface area contributed by atoms with Gasteiger partial charge in [0.1, 0.15) is 13.2 Å². The van der Waals surface area contributed by atoms with Gasteiger partial charge in [-0.15, -0.1) is 0 Å². The van der Waals surface area contributed by atoms with E-state index in [2.05, 4.69) is 167 Å². The first-order chi connectivity index (χ1) is 39.5. The lowest BCUT2D eigenvalue weighted by Gasteiger charge is -2.18. The van der Waals surface area contributed by atoms with Crippen LogP contribution < -0.4 is 0 Å². The first-order valence-electron chi connectivity index (χ1n) is 32.8. The van der Waals surface area contributed by atoms with Gasteiger partial charge in [0.2, 0.25) is 0 Å². The topological polar surface area (TPSA) is 78.9 Å². The van der Waals surface area contributed by atoms with Crippen molar-refractivity contribution in [2.75, 3.05) is 13.2 Å². The summed E-state index contributed by atoms with van der Waals surface area (Å²) < 4.78 is 16.9. The van der Waals surface area contributed by atoms with E-state index in [9.17, 15) is 14.4 Å². The zero-order chi connectivity index (χ0) is 57.8. The van der Waals surface area contributed by atoms with Crippen LogP contribution in [0.2, 0.25) is 0 Å². The Balaban J connectivity index is 4.43. The zero-order valence-corrected chi connectivity index (χ0v) is 51.8. The summed E-state index contributed by atoms with van der Waals surface area (Å²) in [4.78, 5) is 38.3. The maximum absolute atomic E-state index is 12.9. The fourth-order valence-electron chi connectivity index (χ4n) is 8.70.